The highest BCUT2D eigenvalue weighted by atomic mass is 79.9. The first-order chi connectivity index (χ1) is 20.7. The third-order valence-corrected chi connectivity index (χ3v) is 6.71. The van der Waals surface area contributed by atoms with Gasteiger partial charge in [-0.05, 0) is 57.4 Å². The molecular weight excluding hydrogens is 653 g/mol. The number of nitrogens with two attached hydrogens (primary N) is 3. The predicted octanol–water partition coefficient (Wildman–Crippen LogP) is 6.95. The molecule has 0 saturated carbocycles. The minimum absolute atomic E-state index is 0.172. The summed E-state index contributed by atoms with van der Waals surface area (Å²) in [6.45, 7) is 0. The van der Waals surface area contributed by atoms with Crippen LogP contribution in [0.3, 0.4) is 0 Å². The Kier molecular flexibility index (Phi) is 10.8. The van der Waals surface area contributed by atoms with Gasteiger partial charge in [0.15, 0.2) is 27.8 Å². The normalized spacial score (nSPS) is 10.1. The average molecular weight is 677 g/mol. The maximum absolute atomic E-state index is 9.90. The highest BCUT2D eigenvalue weighted by Crippen LogP contribution is 2.32. The highest BCUT2D eigenvalue weighted by molar-refractivity contribution is 9.10. The van der Waals surface area contributed by atoms with Crippen molar-refractivity contribution in [3.05, 3.63) is 118 Å². The van der Waals surface area contributed by atoms with Gasteiger partial charge in [0, 0.05) is 16.7 Å². The van der Waals surface area contributed by atoms with Crippen LogP contribution in [0, 0.1) is 0 Å². The molecular formula is C30H24BrCl2N9O. The van der Waals surface area contributed by atoms with Gasteiger partial charge < -0.3 is 22.3 Å². The Bertz CT molecular complexity index is 1810. The number of aromatic nitrogens is 6. The molecule has 10 nitrogen and oxygen atoms in total. The smallest absolute Gasteiger partial charge is 0.160 e. The van der Waals surface area contributed by atoms with E-state index in [-0.39, 0.29) is 5.75 Å². The summed E-state index contributed by atoms with van der Waals surface area (Å²) in [5.74, 6) is 1.28. The summed E-state index contributed by atoms with van der Waals surface area (Å²) in [4.78, 5) is 0. The second-order valence-electron chi connectivity index (χ2n) is 8.64. The molecule has 0 spiro atoms. The van der Waals surface area contributed by atoms with Crippen molar-refractivity contribution in [2.45, 2.75) is 0 Å². The number of rotatable bonds is 3. The SMILES string of the molecule is Nc1nnc(-c2ccccc2O)cc1-c1ccccc1.Nc1nnc(Cl)cc1-c1ccccc1.Nc1nnc(Cl)cc1Br. The third kappa shape index (κ3) is 8.58. The maximum Gasteiger partial charge on any atom is 0.160 e. The van der Waals surface area contributed by atoms with Crippen LogP contribution in [-0.4, -0.2) is 35.7 Å². The number of nitrogen functional groups attached to an aromatic ring is 3. The van der Waals surface area contributed by atoms with Crippen LogP contribution < -0.4 is 17.2 Å². The van der Waals surface area contributed by atoms with Gasteiger partial charge in [0.2, 0.25) is 0 Å². The van der Waals surface area contributed by atoms with Crippen molar-refractivity contribution in [2.75, 3.05) is 17.2 Å². The lowest BCUT2D eigenvalue weighted by Crippen LogP contribution is -1.98. The van der Waals surface area contributed by atoms with Crippen molar-refractivity contribution < 1.29 is 5.11 Å². The molecule has 13 heteroatoms. The lowest BCUT2D eigenvalue weighted by molar-refractivity contribution is 0.477. The Morgan fingerprint density at radius 1 is 0.512 bits per heavy atom. The average Bonchev–Trinajstić information content (AvgIpc) is 3.02. The van der Waals surface area contributed by atoms with E-state index in [2.05, 4.69) is 46.5 Å². The van der Waals surface area contributed by atoms with Crippen molar-refractivity contribution in [3.8, 4) is 39.3 Å². The summed E-state index contributed by atoms with van der Waals surface area (Å²) in [6.07, 6.45) is 0. The van der Waals surface area contributed by atoms with Gasteiger partial charge in [-0.25, -0.2) is 0 Å². The summed E-state index contributed by atoms with van der Waals surface area (Å²) >= 11 is 14.3. The summed E-state index contributed by atoms with van der Waals surface area (Å²) < 4.78 is 0.669. The molecule has 0 saturated heterocycles. The largest absolute Gasteiger partial charge is 0.507 e. The molecule has 0 aliphatic heterocycles. The fourth-order valence-electron chi connectivity index (χ4n) is 3.66. The summed E-state index contributed by atoms with van der Waals surface area (Å²) in [5.41, 5.74) is 21.7. The minimum atomic E-state index is 0.172. The number of nitrogens with zero attached hydrogens (tertiary/aromatic N) is 6. The topological polar surface area (TPSA) is 176 Å². The number of hydrogen-bond acceptors (Lipinski definition) is 10. The van der Waals surface area contributed by atoms with Gasteiger partial charge in [0.25, 0.3) is 0 Å². The Morgan fingerprint density at radius 2 is 0.977 bits per heavy atom. The van der Waals surface area contributed by atoms with E-state index in [4.69, 9.17) is 40.4 Å². The quantitative estimate of drug-likeness (QED) is 0.153. The van der Waals surface area contributed by atoms with Crippen LogP contribution >= 0.6 is 39.1 Å². The maximum atomic E-state index is 9.90. The van der Waals surface area contributed by atoms with Crippen LogP contribution in [0.25, 0.3) is 33.5 Å². The van der Waals surface area contributed by atoms with E-state index in [1.54, 1.807) is 30.3 Å². The van der Waals surface area contributed by atoms with Gasteiger partial charge >= 0.3 is 0 Å². The molecule has 6 rings (SSSR count). The fraction of sp³-hybridized carbons (Fsp3) is 0. The number of benzene rings is 3. The number of phenolic OH excluding ortho intramolecular Hbond substituents is 1. The zero-order chi connectivity index (χ0) is 30.8. The molecule has 7 N–H and O–H groups in total. The lowest BCUT2D eigenvalue weighted by Gasteiger charge is -2.08. The van der Waals surface area contributed by atoms with Crippen LogP contribution in [0.4, 0.5) is 17.5 Å². The molecule has 0 aliphatic rings. The van der Waals surface area contributed by atoms with Gasteiger partial charge in [-0.15, -0.1) is 30.6 Å². The molecule has 0 amide bonds. The number of phenols is 1. The monoisotopic (exact) mass is 675 g/mol. The van der Waals surface area contributed by atoms with Crippen LogP contribution in [0.1, 0.15) is 0 Å². The second-order valence-corrected chi connectivity index (χ2v) is 10.3. The number of halogens is 3. The zero-order valence-corrected chi connectivity index (χ0v) is 25.4. The van der Waals surface area contributed by atoms with E-state index in [9.17, 15) is 5.11 Å². The van der Waals surface area contributed by atoms with E-state index in [0.29, 0.717) is 43.5 Å². The van der Waals surface area contributed by atoms with Crippen molar-refractivity contribution >= 4 is 56.6 Å². The Hall–Kier alpha value is -4.84. The van der Waals surface area contributed by atoms with Gasteiger partial charge in [0.05, 0.1) is 10.2 Å². The fourth-order valence-corrected chi connectivity index (χ4v) is 4.38. The molecule has 0 aliphatic carbocycles. The molecule has 3 aromatic heterocycles. The molecule has 43 heavy (non-hydrogen) atoms. The van der Waals surface area contributed by atoms with Gasteiger partial charge in [-0.2, -0.15) is 0 Å². The second kappa shape index (κ2) is 14.9. The molecule has 3 heterocycles. The van der Waals surface area contributed by atoms with Gasteiger partial charge in [-0.1, -0.05) is 96.0 Å². The van der Waals surface area contributed by atoms with Crippen molar-refractivity contribution in [1.82, 2.24) is 30.6 Å². The summed E-state index contributed by atoms with van der Waals surface area (Å²) in [6, 6.07) is 31.6. The third-order valence-electron chi connectivity index (χ3n) is 5.71. The Labute approximate surface area is 265 Å². The number of anilines is 3. The van der Waals surface area contributed by atoms with E-state index in [0.717, 1.165) is 22.3 Å². The molecule has 216 valence electrons. The summed E-state index contributed by atoms with van der Waals surface area (Å²) in [7, 11) is 0. The van der Waals surface area contributed by atoms with Crippen molar-refractivity contribution in [1.29, 1.82) is 0 Å². The molecule has 6 aromatic rings. The first kappa shape index (κ1) is 31.1. The molecule has 0 radical (unpaired) electrons. The first-order valence-corrected chi connectivity index (χ1v) is 14.0. The number of para-hydroxylation sites is 1. The standard InChI is InChI=1S/C16H13N3O.C10H8ClN3.C4H3BrClN3/c17-16-13(11-6-2-1-3-7-11)10-14(18-19-16)12-8-4-5-9-15(12)20;11-9-6-8(10(12)14-13-9)7-4-2-1-3-5-7;5-2-1-3(6)8-9-4(2)7/h1-10,20H,(H2,17,19);1-6H,(H2,12,14);1H,(H2,7,9). The van der Waals surface area contributed by atoms with E-state index in [1.165, 1.54) is 0 Å². The van der Waals surface area contributed by atoms with E-state index in [1.807, 2.05) is 72.8 Å². The molecule has 0 unspecified atom stereocenters. The minimum Gasteiger partial charge on any atom is -0.507 e. The molecule has 0 bridgehead atoms. The van der Waals surface area contributed by atoms with E-state index < -0.39 is 0 Å². The zero-order valence-electron chi connectivity index (χ0n) is 22.3. The molecule has 0 atom stereocenters. The van der Waals surface area contributed by atoms with Crippen LogP contribution in [-0.2, 0) is 0 Å². The van der Waals surface area contributed by atoms with Crippen LogP contribution in [0.2, 0.25) is 10.3 Å². The van der Waals surface area contributed by atoms with E-state index >= 15 is 0 Å². The Balaban J connectivity index is 0.000000160. The number of aromatic hydroxyl groups is 1. The van der Waals surface area contributed by atoms with Crippen molar-refractivity contribution in [3.63, 3.8) is 0 Å². The lowest BCUT2D eigenvalue weighted by atomic mass is 10.0. The highest BCUT2D eigenvalue weighted by Gasteiger charge is 2.10. The van der Waals surface area contributed by atoms with Crippen LogP contribution in [0.15, 0.2) is 108 Å². The summed E-state index contributed by atoms with van der Waals surface area (Å²) in [5, 5.41) is 33.1. The number of hydrogen-bond donors (Lipinski definition) is 4. The van der Waals surface area contributed by atoms with Crippen molar-refractivity contribution in [2.24, 2.45) is 0 Å². The predicted molar refractivity (Wildman–Crippen MR) is 175 cm³/mol. The van der Waals surface area contributed by atoms with Crippen LogP contribution in [0.5, 0.6) is 5.75 Å². The first-order valence-electron chi connectivity index (χ1n) is 12.5. The van der Waals surface area contributed by atoms with Gasteiger partial charge in [0.1, 0.15) is 5.75 Å². The Morgan fingerprint density at radius 3 is 1.51 bits per heavy atom. The molecule has 0 fully saturated rings. The van der Waals surface area contributed by atoms with Gasteiger partial charge in [-0.3, -0.25) is 0 Å². The molecule has 3 aromatic carbocycles.